The zero-order valence-electron chi connectivity index (χ0n) is 10.9. The van der Waals surface area contributed by atoms with Gasteiger partial charge in [0.2, 0.25) is 5.91 Å². The second-order valence-electron chi connectivity index (χ2n) is 5.35. The average Bonchev–Trinajstić information content (AvgIpc) is 2.58. The molecule has 0 bridgehead atoms. The van der Waals surface area contributed by atoms with E-state index < -0.39 is 0 Å². The van der Waals surface area contributed by atoms with Gasteiger partial charge in [-0.25, -0.2) is 0 Å². The number of rotatable bonds is 2. The summed E-state index contributed by atoms with van der Waals surface area (Å²) in [7, 11) is 0. The summed E-state index contributed by atoms with van der Waals surface area (Å²) in [4.78, 5) is 13.6. The van der Waals surface area contributed by atoms with Crippen LogP contribution >= 0.6 is 0 Å². The van der Waals surface area contributed by atoms with Gasteiger partial charge in [-0.3, -0.25) is 4.79 Å². The van der Waals surface area contributed by atoms with Crippen LogP contribution in [0.5, 0.6) is 0 Å². The molecule has 98 valence electrons. The summed E-state index contributed by atoms with van der Waals surface area (Å²) in [6, 6.07) is 1.18. The summed E-state index contributed by atoms with van der Waals surface area (Å²) < 4.78 is 0. The van der Waals surface area contributed by atoms with Crippen molar-refractivity contribution in [2.45, 2.75) is 51.1 Å². The van der Waals surface area contributed by atoms with Crippen LogP contribution in [0.4, 0.5) is 0 Å². The van der Waals surface area contributed by atoms with Crippen molar-refractivity contribution >= 4 is 5.91 Å². The van der Waals surface area contributed by atoms with E-state index in [0.717, 1.165) is 38.5 Å². The van der Waals surface area contributed by atoms with Crippen molar-refractivity contribution in [1.29, 1.82) is 0 Å². The first-order valence-corrected chi connectivity index (χ1v) is 6.97. The first-order chi connectivity index (χ1) is 8.25. The normalized spacial score (nSPS) is 28.6. The fraction of sp³-hybridized carbons (Fsp3) is 0.923. The Morgan fingerprint density at radius 2 is 1.94 bits per heavy atom. The van der Waals surface area contributed by atoms with E-state index in [1.807, 2.05) is 0 Å². The molecule has 0 aromatic heterocycles. The maximum absolute atomic E-state index is 11.0. The van der Waals surface area contributed by atoms with Crippen LogP contribution in [0.2, 0.25) is 0 Å². The monoisotopic (exact) mass is 239 g/mol. The Labute approximate surface area is 104 Å². The Morgan fingerprint density at radius 1 is 1.18 bits per heavy atom. The van der Waals surface area contributed by atoms with Gasteiger partial charge in [-0.2, -0.15) is 0 Å². The fourth-order valence-electron chi connectivity index (χ4n) is 3.06. The van der Waals surface area contributed by atoms with Gasteiger partial charge in [0, 0.05) is 32.1 Å². The number of nitrogens with one attached hydrogen (secondary N) is 2. The van der Waals surface area contributed by atoms with Crippen LogP contribution < -0.4 is 10.6 Å². The number of hydrogen-bond acceptors (Lipinski definition) is 3. The smallest absolute Gasteiger partial charge is 0.217 e. The molecule has 0 aromatic carbocycles. The quantitative estimate of drug-likeness (QED) is 0.746. The molecule has 2 N–H and O–H groups in total. The van der Waals surface area contributed by atoms with Crippen LogP contribution in [0.25, 0.3) is 0 Å². The largest absolute Gasteiger partial charge is 0.354 e. The fourth-order valence-corrected chi connectivity index (χ4v) is 3.06. The molecule has 2 aliphatic heterocycles. The van der Waals surface area contributed by atoms with Gasteiger partial charge in [-0.15, -0.1) is 0 Å². The molecule has 0 saturated carbocycles. The molecule has 1 unspecified atom stereocenters. The average molecular weight is 239 g/mol. The summed E-state index contributed by atoms with van der Waals surface area (Å²) in [6.07, 6.45) is 6.14. The number of likely N-dealkylation sites (tertiary alicyclic amines) is 1. The minimum absolute atomic E-state index is 0.113. The molecular formula is C13H25N3O. The van der Waals surface area contributed by atoms with E-state index in [0.29, 0.717) is 6.04 Å². The molecule has 0 aliphatic carbocycles. The highest BCUT2D eigenvalue weighted by Gasteiger charge is 2.25. The number of hydrogen-bond donors (Lipinski definition) is 2. The van der Waals surface area contributed by atoms with Crippen molar-refractivity contribution in [3.63, 3.8) is 0 Å². The predicted molar refractivity (Wildman–Crippen MR) is 68.9 cm³/mol. The Hall–Kier alpha value is -0.610. The van der Waals surface area contributed by atoms with Gasteiger partial charge < -0.3 is 15.5 Å². The van der Waals surface area contributed by atoms with E-state index in [1.54, 1.807) is 6.92 Å². The van der Waals surface area contributed by atoms with Crippen molar-refractivity contribution in [3.8, 4) is 0 Å². The Kier molecular flexibility index (Phi) is 4.80. The predicted octanol–water partition coefficient (Wildman–Crippen LogP) is 0.729. The molecule has 2 fully saturated rings. The lowest BCUT2D eigenvalue weighted by Gasteiger charge is -2.37. The van der Waals surface area contributed by atoms with Crippen LogP contribution in [-0.4, -0.2) is 49.1 Å². The van der Waals surface area contributed by atoms with Gasteiger partial charge in [-0.05, 0) is 45.2 Å². The first kappa shape index (κ1) is 12.8. The molecule has 1 amide bonds. The molecular weight excluding hydrogens is 214 g/mol. The van der Waals surface area contributed by atoms with E-state index in [2.05, 4.69) is 15.5 Å². The van der Waals surface area contributed by atoms with Crippen LogP contribution in [0.3, 0.4) is 0 Å². The third-order valence-electron chi connectivity index (χ3n) is 4.00. The van der Waals surface area contributed by atoms with Crippen molar-refractivity contribution < 1.29 is 4.79 Å². The van der Waals surface area contributed by atoms with Gasteiger partial charge in [-0.1, -0.05) is 0 Å². The van der Waals surface area contributed by atoms with Gasteiger partial charge in [0.1, 0.15) is 0 Å². The Morgan fingerprint density at radius 3 is 2.65 bits per heavy atom. The lowest BCUT2D eigenvalue weighted by atomic mass is 10.00. The van der Waals surface area contributed by atoms with E-state index >= 15 is 0 Å². The SMILES string of the molecule is CC(=O)NC1CCN(C2CCCNCC2)CC1. The third kappa shape index (κ3) is 3.96. The second kappa shape index (κ2) is 6.36. The number of carbonyl (C=O) groups excluding carboxylic acids is 1. The van der Waals surface area contributed by atoms with Crippen molar-refractivity contribution in [1.82, 2.24) is 15.5 Å². The third-order valence-corrected chi connectivity index (χ3v) is 4.00. The van der Waals surface area contributed by atoms with E-state index in [4.69, 9.17) is 0 Å². The second-order valence-corrected chi connectivity index (χ2v) is 5.35. The van der Waals surface area contributed by atoms with Crippen LogP contribution in [0.1, 0.15) is 39.0 Å². The maximum Gasteiger partial charge on any atom is 0.217 e. The molecule has 17 heavy (non-hydrogen) atoms. The van der Waals surface area contributed by atoms with E-state index in [-0.39, 0.29) is 5.91 Å². The summed E-state index contributed by atoms with van der Waals surface area (Å²) in [5.74, 6) is 0.113. The van der Waals surface area contributed by atoms with Crippen molar-refractivity contribution in [3.05, 3.63) is 0 Å². The van der Waals surface area contributed by atoms with Gasteiger partial charge >= 0.3 is 0 Å². The zero-order chi connectivity index (χ0) is 12.1. The van der Waals surface area contributed by atoms with Gasteiger partial charge in [0.15, 0.2) is 0 Å². The molecule has 4 nitrogen and oxygen atoms in total. The van der Waals surface area contributed by atoms with Crippen molar-refractivity contribution in [2.75, 3.05) is 26.2 Å². The minimum atomic E-state index is 0.113. The topological polar surface area (TPSA) is 44.4 Å². The molecule has 2 heterocycles. The Balaban J connectivity index is 1.75. The van der Waals surface area contributed by atoms with Crippen LogP contribution in [0.15, 0.2) is 0 Å². The summed E-state index contributed by atoms with van der Waals surface area (Å²) in [6.45, 7) is 6.25. The van der Waals surface area contributed by atoms with Crippen LogP contribution in [0, 0.1) is 0 Å². The van der Waals surface area contributed by atoms with Gasteiger partial charge in [0.25, 0.3) is 0 Å². The molecule has 0 spiro atoms. The zero-order valence-corrected chi connectivity index (χ0v) is 10.9. The molecule has 0 radical (unpaired) electrons. The number of piperidine rings is 1. The van der Waals surface area contributed by atoms with Crippen LogP contribution in [-0.2, 0) is 4.79 Å². The molecule has 1 atom stereocenters. The minimum Gasteiger partial charge on any atom is -0.354 e. The van der Waals surface area contributed by atoms with E-state index in [1.165, 1.54) is 25.8 Å². The van der Waals surface area contributed by atoms with Gasteiger partial charge in [0.05, 0.1) is 0 Å². The summed E-state index contributed by atoms with van der Waals surface area (Å²) in [5, 5.41) is 6.51. The lowest BCUT2D eigenvalue weighted by Crippen LogP contribution is -2.47. The number of carbonyl (C=O) groups is 1. The molecule has 2 saturated heterocycles. The Bertz CT molecular complexity index is 241. The van der Waals surface area contributed by atoms with Crippen molar-refractivity contribution in [2.24, 2.45) is 0 Å². The molecule has 4 heteroatoms. The molecule has 2 rings (SSSR count). The lowest BCUT2D eigenvalue weighted by molar-refractivity contribution is -0.120. The molecule has 2 aliphatic rings. The number of nitrogens with zero attached hydrogens (tertiary/aromatic N) is 1. The maximum atomic E-state index is 11.0. The standard InChI is InChI=1S/C13H25N3O/c1-11(17)15-12-5-9-16(10-6-12)13-3-2-7-14-8-4-13/h12-14H,2-10H2,1H3,(H,15,17). The highest BCUT2D eigenvalue weighted by atomic mass is 16.1. The highest BCUT2D eigenvalue weighted by Crippen LogP contribution is 2.19. The summed E-state index contributed by atoms with van der Waals surface area (Å²) >= 11 is 0. The first-order valence-electron chi connectivity index (χ1n) is 6.97. The highest BCUT2D eigenvalue weighted by molar-refractivity contribution is 5.73. The van der Waals surface area contributed by atoms with E-state index in [9.17, 15) is 4.79 Å². The number of amides is 1. The molecule has 0 aromatic rings. The summed E-state index contributed by atoms with van der Waals surface area (Å²) in [5.41, 5.74) is 0.